The Labute approximate surface area is 268 Å². The molecule has 7 aromatic carbocycles. The van der Waals surface area contributed by atoms with Gasteiger partial charge in [0.05, 0.1) is 0 Å². The first-order valence-corrected chi connectivity index (χ1v) is 15.4. The zero-order chi connectivity index (χ0) is 31.1. The molecular formula is C42H32N2O2. The second kappa shape index (κ2) is 11.2. The van der Waals surface area contributed by atoms with E-state index in [9.17, 15) is 0 Å². The third kappa shape index (κ3) is 5.00. The Kier molecular flexibility index (Phi) is 6.69. The van der Waals surface area contributed by atoms with Gasteiger partial charge >= 0.3 is 0 Å². The molecule has 0 heterocycles. The normalized spacial score (nSPS) is 13.4. The minimum absolute atomic E-state index is 0.400. The van der Waals surface area contributed by atoms with Gasteiger partial charge in [-0.05, 0) is 98.8 Å². The summed E-state index contributed by atoms with van der Waals surface area (Å²) in [6.07, 6.45) is 5.49. The highest BCUT2D eigenvalue weighted by Crippen LogP contribution is 2.45. The fourth-order valence-corrected chi connectivity index (χ4v) is 6.72. The molecule has 4 N–H and O–H groups in total. The minimum atomic E-state index is -0.400. The second-order valence-electron chi connectivity index (χ2n) is 11.9. The number of hydrogen-bond acceptors (Lipinski definition) is 4. The molecule has 0 fully saturated rings. The van der Waals surface area contributed by atoms with Crippen molar-refractivity contribution in [3.63, 3.8) is 0 Å². The number of allylic oxidation sites excluding steroid dienone is 1. The predicted octanol–water partition coefficient (Wildman–Crippen LogP) is 10.3. The molecule has 0 saturated heterocycles. The summed E-state index contributed by atoms with van der Waals surface area (Å²) in [7, 11) is 0. The van der Waals surface area contributed by atoms with Gasteiger partial charge in [-0.1, -0.05) is 97.1 Å². The smallest absolute Gasteiger partial charge is 0.129 e. The van der Waals surface area contributed by atoms with E-state index in [1.165, 1.54) is 43.8 Å². The van der Waals surface area contributed by atoms with E-state index in [0.29, 0.717) is 22.9 Å². The van der Waals surface area contributed by atoms with Crippen LogP contribution in [0.4, 0.5) is 11.4 Å². The second-order valence-corrected chi connectivity index (χ2v) is 11.9. The molecule has 4 heteroatoms. The van der Waals surface area contributed by atoms with E-state index in [4.69, 9.17) is 20.9 Å². The molecule has 0 amide bonds. The minimum Gasteiger partial charge on any atom is -0.457 e. The van der Waals surface area contributed by atoms with Crippen molar-refractivity contribution in [2.24, 2.45) is 0 Å². The van der Waals surface area contributed by atoms with Crippen molar-refractivity contribution in [2.45, 2.75) is 11.8 Å². The SMILES string of the molecule is Nc1cccc(Oc2ccc(C3(c4ccc(Oc5cccc(N)c5)cc4)C=Cc4c(ccc5c4ccc4ccccc45)C3)cc2)c1. The summed E-state index contributed by atoms with van der Waals surface area (Å²) in [5.74, 6) is 2.94. The number of ether oxygens (including phenoxy) is 2. The summed E-state index contributed by atoms with van der Waals surface area (Å²) in [5, 5.41) is 5.09. The van der Waals surface area contributed by atoms with Gasteiger partial charge in [0.25, 0.3) is 0 Å². The van der Waals surface area contributed by atoms with Gasteiger partial charge in [-0.25, -0.2) is 0 Å². The molecule has 7 aromatic rings. The van der Waals surface area contributed by atoms with Gasteiger partial charge in [0, 0.05) is 28.9 Å². The Morgan fingerprint density at radius 3 is 1.67 bits per heavy atom. The first-order valence-electron chi connectivity index (χ1n) is 15.4. The van der Waals surface area contributed by atoms with E-state index in [0.717, 1.165) is 17.9 Å². The van der Waals surface area contributed by atoms with Crippen LogP contribution in [-0.2, 0) is 11.8 Å². The highest BCUT2D eigenvalue weighted by molar-refractivity contribution is 6.10. The maximum absolute atomic E-state index is 6.14. The van der Waals surface area contributed by atoms with Crippen LogP contribution in [0.25, 0.3) is 27.6 Å². The van der Waals surface area contributed by atoms with E-state index in [2.05, 4.69) is 84.9 Å². The fraction of sp³-hybridized carbons (Fsp3) is 0.0476. The molecule has 222 valence electrons. The molecule has 1 aliphatic carbocycles. The molecule has 0 aromatic heterocycles. The summed E-state index contributed by atoms with van der Waals surface area (Å²) in [5.41, 5.74) is 17.8. The molecule has 0 saturated carbocycles. The van der Waals surface area contributed by atoms with Gasteiger partial charge < -0.3 is 20.9 Å². The van der Waals surface area contributed by atoms with Crippen molar-refractivity contribution in [1.82, 2.24) is 0 Å². The molecule has 1 aliphatic rings. The molecular weight excluding hydrogens is 564 g/mol. The fourth-order valence-electron chi connectivity index (χ4n) is 6.72. The highest BCUT2D eigenvalue weighted by Gasteiger charge is 2.35. The first-order chi connectivity index (χ1) is 22.5. The largest absolute Gasteiger partial charge is 0.457 e. The molecule has 0 aliphatic heterocycles. The summed E-state index contributed by atoms with van der Waals surface area (Å²) < 4.78 is 12.3. The van der Waals surface area contributed by atoms with Gasteiger partial charge in [0.2, 0.25) is 0 Å². The lowest BCUT2D eigenvalue weighted by Gasteiger charge is -2.36. The van der Waals surface area contributed by atoms with Gasteiger partial charge in [0.1, 0.15) is 23.0 Å². The van der Waals surface area contributed by atoms with E-state index in [1.807, 2.05) is 72.8 Å². The van der Waals surface area contributed by atoms with Gasteiger partial charge in [-0.15, -0.1) is 0 Å². The van der Waals surface area contributed by atoms with Crippen LogP contribution in [-0.4, -0.2) is 0 Å². The zero-order valence-electron chi connectivity index (χ0n) is 25.2. The Morgan fingerprint density at radius 2 is 1.07 bits per heavy atom. The molecule has 0 spiro atoms. The lowest BCUT2D eigenvalue weighted by Crippen LogP contribution is -2.30. The highest BCUT2D eigenvalue weighted by atomic mass is 16.5. The van der Waals surface area contributed by atoms with E-state index in [1.54, 1.807) is 0 Å². The van der Waals surface area contributed by atoms with Crippen LogP contribution in [0.3, 0.4) is 0 Å². The predicted molar refractivity (Wildman–Crippen MR) is 190 cm³/mol. The number of anilines is 2. The quantitative estimate of drug-likeness (QED) is 0.148. The maximum atomic E-state index is 6.14. The summed E-state index contributed by atoms with van der Waals surface area (Å²) in [6.45, 7) is 0. The molecule has 4 nitrogen and oxygen atoms in total. The zero-order valence-corrected chi connectivity index (χ0v) is 25.2. The van der Waals surface area contributed by atoms with Crippen molar-refractivity contribution < 1.29 is 9.47 Å². The van der Waals surface area contributed by atoms with E-state index >= 15 is 0 Å². The maximum Gasteiger partial charge on any atom is 0.129 e. The third-order valence-electron chi connectivity index (χ3n) is 8.99. The molecule has 0 radical (unpaired) electrons. The van der Waals surface area contributed by atoms with Crippen molar-refractivity contribution in [3.8, 4) is 23.0 Å². The van der Waals surface area contributed by atoms with Crippen LogP contribution >= 0.6 is 0 Å². The average Bonchev–Trinajstić information content (AvgIpc) is 3.08. The van der Waals surface area contributed by atoms with Crippen LogP contribution in [0.2, 0.25) is 0 Å². The van der Waals surface area contributed by atoms with Crippen molar-refractivity contribution in [1.29, 1.82) is 0 Å². The van der Waals surface area contributed by atoms with Crippen molar-refractivity contribution in [2.75, 3.05) is 11.5 Å². The number of hydrogen-bond donors (Lipinski definition) is 2. The number of benzene rings is 7. The third-order valence-corrected chi connectivity index (χ3v) is 8.99. The standard InChI is InChI=1S/C42H32N2O2/c43-32-6-3-8-36(25-32)45-34-17-13-30(14-18-34)42(31-15-19-35(20-16-31)46-37-9-4-7-33(44)26-37)24-23-39-29(27-42)12-22-40-38-10-2-1-5-28(38)11-21-41(39)40/h1-26H,27,43-44H2. The Hall–Kier alpha value is -6.00. The Balaban J connectivity index is 1.20. The monoisotopic (exact) mass is 596 g/mol. The number of nitrogens with two attached hydrogens (primary N) is 2. The topological polar surface area (TPSA) is 70.5 Å². The number of fused-ring (bicyclic) bond motifs is 5. The number of rotatable bonds is 6. The van der Waals surface area contributed by atoms with Crippen LogP contribution in [0.15, 0.2) is 152 Å². The van der Waals surface area contributed by atoms with Crippen LogP contribution in [0, 0.1) is 0 Å². The van der Waals surface area contributed by atoms with Gasteiger partial charge in [-0.2, -0.15) is 0 Å². The van der Waals surface area contributed by atoms with E-state index < -0.39 is 5.41 Å². The van der Waals surface area contributed by atoms with Gasteiger partial charge in [0.15, 0.2) is 0 Å². The molecule has 0 atom stereocenters. The average molecular weight is 597 g/mol. The molecule has 0 bridgehead atoms. The van der Waals surface area contributed by atoms with Crippen molar-refractivity contribution in [3.05, 3.63) is 174 Å². The Bertz CT molecular complexity index is 2160. The first kappa shape index (κ1) is 27.5. The lowest BCUT2D eigenvalue weighted by molar-refractivity contribution is 0.481. The van der Waals surface area contributed by atoms with Crippen molar-refractivity contribution >= 4 is 39.0 Å². The molecule has 0 unspecified atom stereocenters. The summed E-state index contributed by atoms with van der Waals surface area (Å²) in [6, 6.07) is 49.5. The van der Waals surface area contributed by atoms with Crippen LogP contribution < -0.4 is 20.9 Å². The lowest BCUT2D eigenvalue weighted by atomic mass is 9.67. The Morgan fingerprint density at radius 1 is 0.478 bits per heavy atom. The van der Waals surface area contributed by atoms with E-state index in [-0.39, 0.29) is 0 Å². The summed E-state index contributed by atoms with van der Waals surface area (Å²) in [4.78, 5) is 0. The van der Waals surface area contributed by atoms with Crippen LogP contribution in [0.1, 0.15) is 22.3 Å². The molecule has 8 rings (SSSR count). The summed E-state index contributed by atoms with van der Waals surface area (Å²) >= 11 is 0. The number of nitrogen functional groups attached to an aromatic ring is 2. The van der Waals surface area contributed by atoms with Gasteiger partial charge in [-0.3, -0.25) is 0 Å². The molecule has 46 heavy (non-hydrogen) atoms. The van der Waals surface area contributed by atoms with Crippen LogP contribution in [0.5, 0.6) is 23.0 Å².